The molecule has 2 heterocycles. The van der Waals surface area contributed by atoms with Crippen LogP contribution < -0.4 is 10.2 Å². The molecule has 0 aliphatic heterocycles. The van der Waals surface area contributed by atoms with Gasteiger partial charge in [0.25, 0.3) is 0 Å². The first-order valence-electron chi connectivity index (χ1n) is 10.6. The van der Waals surface area contributed by atoms with Crippen molar-refractivity contribution >= 4 is 29.1 Å². The van der Waals surface area contributed by atoms with Gasteiger partial charge in [-0.1, -0.05) is 19.3 Å². The molecule has 0 saturated heterocycles. The summed E-state index contributed by atoms with van der Waals surface area (Å²) < 4.78 is 5.33. The minimum Gasteiger partial charge on any atom is -0.444 e. The molecule has 1 saturated carbocycles. The number of nitrogens with one attached hydrogen (secondary N) is 1. The second-order valence-corrected chi connectivity index (χ2v) is 7.95. The number of rotatable bonds is 7. The van der Waals surface area contributed by atoms with Crippen molar-refractivity contribution in [2.75, 3.05) is 10.8 Å². The van der Waals surface area contributed by atoms with Crippen molar-refractivity contribution in [3.05, 3.63) is 61.1 Å². The van der Waals surface area contributed by atoms with Crippen molar-refractivity contribution in [1.82, 2.24) is 20.3 Å². The largest absolute Gasteiger partial charge is 0.444 e. The van der Waals surface area contributed by atoms with E-state index in [1.807, 2.05) is 0 Å². The molecule has 1 fully saturated rings. The monoisotopic (exact) mass is 453 g/mol. The Labute approximate surface area is 191 Å². The number of anilines is 1. The third-order valence-electron chi connectivity index (χ3n) is 5.57. The molecule has 166 valence electrons. The molecule has 0 radical (unpaired) electrons. The Morgan fingerprint density at radius 3 is 2.50 bits per heavy atom. The topological polar surface area (TPSA) is 101 Å². The zero-order valence-electron chi connectivity index (χ0n) is 17.5. The van der Waals surface area contributed by atoms with Crippen LogP contribution in [0.4, 0.5) is 5.69 Å². The second-order valence-electron chi connectivity index (χ2n) is 7.69. The second kappa shape index (κ2) is 10.4. The Morgan fingerprint density at radius 1 is 1.09 bits per heavy atom. The number of hydrogen-bond acceptors (Lipinski definition) is 6. The van der Waals surface area contributed by atoms with Crippen molar-refractivity contribution in [1.29, 1.82) is 0 Å². The molecule has 8 nitrogen and oxygen atoms in total. The van der Waals surface area contributed by atoms with Gasteiger partial charge in [-0.15, -0.1) is 11.6 Å². The van der Waals surface area contributed by atoms with Gasteiger partial charge in [-0.2, -0.15) is 0 Å². The minimum atomic E-state index is -0.993. The molecule has 1 unspecified atom stereocenters. The summed E-state index contributed by atoms with van der Waals surface area (Å²) >= 11 is 5.96. The normalized spacial score (nSPS) is 15.2. The van der Waals surface area contributed by atoms with Gasteiger partial charge in [-0.05, 0) is 37.1 Å². The number of amides is 2. The molecule has 2 aromatic heterocycles. The van der Waals surface area contributed by atoms with Crippen LogP contribution in [-0.2, 0) is 9.59 Å². The van der Waals surface area contributed by atoms with E-state index in [9.17, 15) is 9.59 Å². The maximum atomic E-state index is 13.5. The van der Waals surface area contributed by atoms with Crippen LogP contribution in [0.1, 0.15) is 43.8 Å². The van der Waals surface area contributed by atoms with E-state index in [-0.39, 0.29) is 17.8 Å². The van der Waals surface area contributed by atoms with E-state index >= 15 is 0 Å². The zero-order chi connectivity index (χ0) is 22.3. The van der Waals surface area contributed by atoms with E-state index in [4.69, 9.17) is 16.0 Å². The van der Waals surface area contributed by atoms with Gasteiger partial charge in [0.15, 0.2) is 18.2 Å². The third-order valence-corrected chi connectivity index (χ3v) is 5.80. The molecule has 1 N–H and O–H groups in total. The summed E-state index contributed by atoms with van der Waals surface area (Å²) in [4.78, 5) is 40.2. The lowest BCUT2D eigenvalue weighted by atomic mass is 9.95. The van der Waals surface area contributed by atoms with Crippen molar-refractivity contribution in [2.24, 2.45) is 0 Å². The van der Waals surface area contributed by atoms with E-state index in [0.717, 1.165) is 31.2 Å². The molecule has 1 aliphatic rings. The highest BCUT2D eigenvalue weighted by molar-refractivity contribution is 6.29. The van der Waals surface area contributed by atoms with Gasteiger partial charge in [0.1, 0.15) is 5.88 Å². The maximum Gasteiger partial charge on any atom is 0.249 e. The Hall–Kier alpha value is -3.26. The quantitative estimate of drug-likeness (QED) is 0.544. The lowest BCUT2D eigenvalue weighted by Crippen LogP contribution is -2.48. The number of carbonyl (C=O) groups excluding carboxylic acids is 2. The van der Waals surface area contributed by atoms with Crippen LogP contribution in [0, 0.1) is 0 Å². The highest BCUT2D eigenvalue weighted by Crippen LogP contribution is 2.30. The van der Waals surface area contributed by atoms with E-state index in [1.165, 1.54) is 36.3 Å². The molecular weight excluding hydrogens is 430 g/mol. The predicted molar refractivity (Wildman–Crippen MR) is 120 cm³/mol. The number of carbonyl (C=O) groups is 2. The fraction of sp³-hybridized carbons (Fsp3) is 0.348. The fourth-order valence-electron chi connectivity index (χ4n) is 4.01. The number of halogens is 1. The molecule has 1 aromatic carbocycles. The lowest BCUT2D eigenvalue weighted by molar-refractivity contribution is -0.126. The number of alkyl halides is 1. The molecule has 2 amide bonds. The van der Waals surface area contributed by atoms with Crippen molar-refractivity contribution < 1.29 is 14.0 Å². The number of oxazole rings is 1. The average molecular weight is 454 g/mol. The van der Waals surface area contributed by atoms with Crippen LogP contribution in [0.3, 0.4) is 0 Å². The summed E-state index contributed by atoms with van der Waals surface area (Å²) in [5, 5.41) is 3.11. The molecule has 32 heavy (non-hydrogen) atoms. The predicted octanol–water partition coefficient (Wildman–Crippen LogP) is 3.89. The Balaban J connectivity index is 1.69. The first-order valence-corrected chi connectivity index (χ1v) is 11.1. The summed E-state index contributed by atoms with van der Waals surface area (Å²) in [6, 6.07) is 6.19. The lowest BCUT2D eigenvalue weighted by Gasteiger charge is -2.32. The molecule has 0 spiro atoms. The van der Waals surface area contributed by atoms with Gasteiger partial charge in [0, 0.05) is 29.7 Å². The minimum absolute atomic E-state index is 0.0807. The standard InChI is InChI=1S/C23H24ClN5O3/c24-12-21(30)29(18-8-6-16(7-9-18)20-14-26-15-32-20)22(19-13-25-10-11-27-19)23(31)28-17-4-2-1-3-5-17/h6-11,13-15,17,22H,1-5,12H2,(H,28,31). The van der Waals surface area contributed by atoms with Crippen molar-refractivity contribution in [3.8, 4) is 11.3 Å². The van der Waals surface area contributed by atoms with Crippen molar-refractivity contribution in [3.63, 3.8) is 0 Å². The van der Waals surface area contributed by atoms with Gasteiger partial charge in [-0.25, -0.2) is 4.98 Å². The molecular formula is C23H24ClN5O3. The summed E-state index contributed by atoms with van der Waals surface area (Å²) in [6.45, 7) is 0. The summed E-state index contributed by atoms with van der Waals surface area (Å²) in [6.07, 6.45) is 12.7. The Kier molecular flexibility index (Phi) is 7.11. The highest BCUT2D eigenvalue weighted by Gasteiger charge is 2.35. The number of hydrogen-bond donors (Lipinski definition) is 1. The maximum absolute atomic E-state index is 13.5. The summed E-state index contributed by atoms with van der Waals surface area (Å²) in [5.41, 5.74) is 1.69. The Bertz CT molecular complexity index is 1020. The fourth-order valence-corrected chi connectivity index (χ4v) is 4.14. The number of benzene rings is 1. The van der Waals surface area contributed by atoms with Gasteiger partial charge in [0.2, 0.25) is 11.8 Å². The van der Waals surface area contributed by atoms with E-state index < -0.39 is 11.9 Å². The Morgan fingerprint density at radius 2 is 1.88 bits per heavy atom. The molecule has 9 heteroatoms. The molecule has 1 atom stereocenters. The third kappa shape index (κ3) is 4.96. The van der Waals surface area contributed by atoms with Gasteiger partial charge in [-0.3, -0.25) is 24.5 Å². The van der Waals surface area contributed by atoms with Crippen molar-refractivity contribution in [2.45, 2.75) is 44.2 Å². The van der Waals surface area contributed by atoms with Gasteiger partial charge < -0.3 is 9.73 Å². The smallest absolute Gasteiger partial charge is 0.249 e. The number of aromatic nitrogens is 3. The van der Waals surface area contributed by atoms with Crippen LogP contribution in [0.2, 0.25) is 0 Å². The first kappa shape index (κ1) is 22.0. The van der Waals surface area contributed by atoms with Crippen LogP contribution in [-0.4, -0.2) is 38.7 Å². The van der Waals surface area contributed by atoms with Crippen LogP contribution in [0.25, 0.3) is 11.3 Å². The van der Waals surface area contributed by atoms with Crippen LogP contribution >= 0.6 is 11.6 Å². The first-order chi connectivity index (χ1) is 15.7. The van der Waals surface area contributed by atoms with E-state index in [2.05, 4.69) is 20.3 Å². The van der Waals surface area contributed by atoms with E-state index in [1.54, 1.807) is 30.5 Å². The highest BCUT2D eigenvalue weighted by atomic mass is 35.5. The van der Waals surface area contributed by atoms with E-state index in [0.29, 0.717) is 17.1 Å². The zero-order valence-corrected chi connectivity index (χ0v) is 18.2. The summed E-state index contributed by atoms with van der Waals surface area (Å²) in [5.74, 6) is -0.381. The van der Waals surface area contributed by atoms with Gasteiger partial charge in [0.05, 0.1) is 18.1 Å². The van der Waals surface area contributed by atoms with Gasteiger partial charge >= 0.3 is 0 Å². The molecule has 1 aliphatic carbocycles. The number of nitrogens with zero attached hydrogens (tertiary/aromatic N) is 4. The van der Waals surface area contributed by atoms with Crippen LogP contribution in [0.5, 0.6) is 0 Å². The molecule has 4 rings (SSSR count). The average Bonchev–Trinajstić information content (AvgIpc) is 3.38. The summed E-state index contributed by atoms with van der Waals surface area (Å²) in [7, 11) is 0. The molecule has 3 aromatic rings. The molecule has 0 bridgehead atoms. The van der Waals surface area contributed by atoms with Crippen LogP contribution in [0.15, 0.2) is 59.9 Å². The SMILES string of the molecule is O=C(NC1CCCCC1)C(c1cnccn1)N(C(=O)CCl)c1ccc(-c2cnco2)cc1.